The molecule has 8 heteroatoms. The topological polar surface area (TPSA) is 87.3 Å². The Morgan fingerprint density at radius 2 is 1.41 bits per heavy atom. The Bertz CT molecular complexity index is 1120. The van der Waals surface area contributed by atoms with Crippen molar-refractivity contribution in [2.75, 3.05) is 15.4 Å². The first-order valence-corrected chi connectivity index (χ1v) is 10.5. The van der Waals surface area contributed by atoms with Gasteiger partial charge in [0.15, 0.2) is 0 Å². The fourth-order valence-corrected chi connectivity index (χ4v) is 3.40. The highest BCUT2D eigenvalue weighted by atomic mass is 35.5. The number of carbonyl (C=O) groups is 1. The zero-order valence-electron chi connectivity index (χ0n) is 15.2. The van der Waals surface area contributed by atoms with Crippen molar-refractivity contribution in [2.45, 2.75) is 0 Å². The van der Waals surface area contributed by atoms with Gasteiger partial charge in [0.1, 0.15) is 0 Å². The van der Waals surface area contributed by atoms with Crippen LogP contribution in [0.5, 0.6) is 0 Å². The first kappa shape index (κ1) is 20.4. The molecule has 0 radical (unpaired) electrons. The van der Waals surface area contributed by atoms with Gasteiger partial charge in [-0.2, -0.15) is 0 Å². The van der Waals surface area contributed by atoms with Gasteiger partial charge in [0.05, 0.1) is 11.1 Å². The molecule has 6 nitrogen and oxygen atoms in total. The summed E-state index contributed by atoms with van der Waals surface area (Å²) in [6, 6.07) is 21.7. The summed E-state index contributed by atoms with van der Waals surface area (Å²) in [4.78, 5) is 12.1. The maximum atomic E-state index is 12.3. The van der Waals surface area contributed by atoms with Crippen LogP contribution in [-0.2, 0) is 10.0 Å². The minimum atomic E-state index is -3.73. The number of sulfonamides is 1. The summed E-state index contributed by atoms with van der Waals surface area (Å²) in [5, 5.41) is 7.00. The lowest BCUT2D eigenvalue weighted by molar-refractivity contribution is 0.262. The summed E-state index contributed by atoms with van der Waals surface area (Å²) in [6.07, 6.45) is 1.47. The predicted octanol–water partition coefficient (Wildman–Crippen LogP) is 5.40. The Balaban J connectivity index is 1.64. The highest BCUT2D eigenvalue weighted by Gasteiger charge is 2.08. The van der Waals surface area contributed by atoms with E-state index in [0.29, 0.717) is 27.6 Å². The molecule has 0 bridgehead atoms. The molecule has 2 amide bonds. The van der Waals surface area contributed by atoms with Gasteiger partial charge in [-0.25, -0.2) is 13.2 Å². The maximum absolute atomic E-state index is 12.3. The number of halogens is 1. The minimum Gasteiger partial charge on any atom is -0.308 e. The lowest BCUT2D eigenvalue weighted by Gasteiger charge is -2.10. The molecule has 0 atom stereocenters. The van der Waals surface area contributed by atoms with E-state index in [9.17, 15) is 13.2 Å². The fourth-order valence-electron chi connectivity index (χ4n) is 2.42. The van der Waals surface area contributed by atoms with E-state index >= 15 is 0 Å². The molecule has 0 heterocycles. The largest absolute Gasteiger partial charge is 0.323 e. The molecular weight excluding hydrogens is 410 g/mol. The number of hydrogen-bond donors (Lipinski definition) is 3. The van der Waals surface area contributed by atoms with Crippen molar-refractivity contribution >= 4 is 50.8 Å². The molecule has 0 unspecified atom stereocenters. The summed E-state index contributed by atoms with van der Waals surface area (Å²) in [5.41, 5.74) is 2.12. The lowest BCUT2D eigenvalue weighted by atomic mass is 10.2. The molecular formula is C21H18ClN3O3S. The summed E-state index contributed by atoms with van der Waals surface area (Å²) >= 11 is 5.82. The Morgan fingerprint density at radius 3 is 2.14 bits per heavy atom. The van der Waals surface area contributed by atoms with Crippen LogP contribution in [0.25, 0.3) is 6.08 Å². The van der Waals surface area contributed by atoms with Gasteiger partial charge >= 0.3 is 6.03 Å². The van der Waals surface area contributed by atoms with Crippen molar-refractivity contribution in [2.24, 2.45) is 0 Å². The summed E-state index contributed by atoms with van der Waals surface area (Å²) in [6.45, 7) is 0. The van der Waals surface area contributed by atoms with Crippen molar-refractivity contribution in [3.63, 3.8) is 0 Å². The van der Waals surface area contributed by atoms with Gasteiger partial charge < -0.3 is 10.6 Å². The van der Waals surface area contributed by atoms with Crippen molar-refractivity contribution < 1.29 is 13.2 Å². The third-order valence-electron chi connectivity index (χ3n) is 3.72. The van der Waals surface area contributed by atoms with Crippen LogP contribution in [-0.4, -0.2) is 14.4 Å². The van der Waals surface area contributed by atoms with E-state index in [2.05, 4.69) is 15.4 Å². The molecule has 0 aliphatic carbocycles. The summed E-state index contributed by atoms with van der Waals surface area (Å²) in [5.74, 6) is 0. The number of urea groups is 1. The van der Waals surface area contributed by atoms with Gasteiger partial charge in [-0.1, -0.05) is 48.0 Å². The number of nitrogens with one attached hydrogen (secondary N) is 3. The molecule has 29 heavy (non-hydrogen) atoms. The van der Waals surface area contributed by atoms with Gasteiger partial charge in [0.25, 0.3) is 10.0 Å². The normalized spacial score (nSPS) is 11.2. The van der Waals surface area contributed by atoms with Crippen LogP contribution in [0.3, 0.4) is 0 Å². The van der Waals surface area contributed by atoms with Crippen LogP contribution in [0.4, 0.5) is 21.9 Å². The summed E-state index contributed by atoms with van der Waals surface area (Å²) < 4.78 is 27.0. The van der Waals surface area contributed by atoms with E-state index in [4.69, 9.17) is 11.6 Å². The van der Waals surface area contributed by atoms with Crippen molar-refractivity contribution in [3.8, 4) is 0 Å². The number of anilines is 3. The Labute approximate surface area is 174 Å². The third kappa shape index (κ3) is 6.67. The Hall–Kier alpha value is -3.29. The molecule has 3 aromatic rings. The number of hydrogen-bond acceptors (Lipinski definition) is 3. The average molecular weight is 428 g/mol. The first-order chi connectivity index (χ1) is 13.9. The monoisotopic (exact) mass is 427 g/mol. The molecule has 0 saturated carbocycles. The number of amides is 2. The quantitative estimate of drug-likeness (QED) is 0.492. The van der Waals surface area contributed by atoms with Gasteiger partial charge in [-0.3, -0.25) is 4.72 Å². The van der Waals surface area contributed by atoms with Crippen LogP contribution in [0.15, 0.2) is 84.3 Å². The smallest absolute Gasteiger partial charge is 0.308 e. The predicted molar refractivity (Wildman–Crippen MR) is 119 cm³/mol. The van der Waals surface area contributed by atoms with Gasteiger partial charge in [-0.15, -0.1) is 0 Å². The molecule has 0 saturated heterocycles. The van der Waals surface area contributed by atoms with E-state index in [-0.39, 0.29) is 0 Å². The molecule has 3 aromatic carbocycles. The van der Waals surface area contributed by atoms with Crippen LogP contribution < -0.4 is 15.4 Å². The van der Waals surface area contributed by atoms with E-state index in [1.807, 2.05) is 18.2 Å². The molecule has 3 rings (SSSR count). The zero-order valence-corrected chi connectivity index (χ0v) is 16.7. The standard InChI is InChI=1S/C21H18ClN3O3S/c22-17-11-9-16(10-12-17)13-14-29(27,28)25-20-8-4-7-19(15-20)24-21(26)23-18-5-2-1-3-6-18/h1-15,25H,(H2,23,24,26)/b14-13+. The molecule has 0 aliphatic heterocycles. The second kappa shape index (κ2) is 9.27. The van der Waals surface area contributed by atoms with Crippen molar-refractivity contribution in [3.05, 3.63) is 94.9 Å². The van der Waals surface area contributed by atoms with Crippen LogP contribution in [0, 0.1) is 0 Å². The Morgan fingerprint density at radius 1 is 0.793 bits per heavy atom. The number of rotatable bonds is 6. The van der Waals surface area contributed by atoms with Crippen molar-refractivity contribution in [1.82, 2.24) is 0 Å². The van der Waals surface area contributed by atoms with Gasteiger partial charge in [-0.05, 0) is 54.1 Å². The van der Waals surface area contributed by atoms with E-state index in [0.717, 1.165) is 5.41 Å². The fraction of sp³-hybridized carbons (Fsp3) is 0. The molecule has 0 fully saturated rings. The highest BCUT2D eigenvalue weighted by Crippen LogP contribution is 2.18. The summed E-state index contributed by atoms with van der Waals surface area (Å²) in [7, 11) is -3.73. The SMILES string of the molecule is O=C(Nc1ccccc1)Nc1cccc(NS(=O)(=O)/C=C/c2ccc(Cl)cc2)c1. The highest BCUT2D eigenvalue weighted by molar-refractivity contribution is 7.95. The van der Waals surface area contributed by atoms with Crippen LogP contribution in [0.2, 0.25) is 5.02 Å². The number of para-hydroxylation sites is 1. The molecule has 0 aromatic heterocycles. The number of benzene rings is 3. The molecule has 0 aliphatic rings. The lowest BCUT2D eigenvalue weighted by Crippen LogP contribution is -2.19. The van der Waals surface area contributed by atoms with Gasteiger partial charge in [0.2, 0.25) is 0 Å². The zero-order chi connectivity index (χ0) is 20.7. The van der Waals surface area contributed by atoms with E-state index < -0.39 is 16.1 Å². The average Bonchev–Trinajstić information content (AvgIpc) is 2.68. The second-order valence-corrected chi connectivity index (χ2v) is 8.03. The van der Waals surface area contributed by atoms with E-state index in [1.54, 1.807) is 54.6 Å². The molecule has 0 spiro atoms. The van der Waals surface area contributed by atoms with Crippen LogP contribution in [0.1, 0.15) is 5.56 Å². The van der Waals surface area contributed by atoms with Crippen LogP contribution >= 0.6 is 11.6 Å². The van der Waals surface area contributed by atoms with E-state index in [1.165, 1.54) is 12.1 Å². The Kier molecular flexibility index (Phi) is 6.54. The number of carbonyl (C=O) groups excluding carboxylic acids is 1. The molecule has 148 valence electrons. The first-order valence-electron chi connectivity index (χ1n) is 8.59. The molecule has 3 N–H and O–H groups in total. The second-order valence-electron chi connectivity index (χ2n) is 6.03. The third-order valence-corrected chi connectivity index (χ3v) is 4.99. The van der Waals surface area contributed by atoms with Crippen molar-refractivity contribution in [1.29, 1.82) is 0 Å². The minimum absolute atomic E-state index is 0.322. The van der Waals surface area contributed by atoms with Gasteiger partial charge in [0, 0.05) is 16.4 Å². The maximum Gasteiger partial charge on any atom is 0.323 e.